The number of carboxylic acid groups (broad SMARTS) is 1. The fraction of sp³-hybridized carbons (Fsp3) is 0.841. The molecular formula is C44H64O5. The first-order valence-electron chi connectivity index (χ1n) is 20.4. The lowest BCUT2D eigenvalue weighted by Gasteiger charge is -2.85. The Morgan fingerprint density at radius 2 is 1.63 bits per heavy atom. The molecular weight excluding hydrogens is 608 g/mol. The molecule has 5 nitrogen and oxygen atoms in total. The maximum Gasteiger partial charge on any atom is 0.309 e. The minimum absolute atomic E-state index is 0.0191. The predicted octanol–water partition coefficient (Wildman–Crippen LogP) is 9.23. The lowest BCUT2D eigenvalue weighted by Crippen LogP contribution is -2.79. The molecule has 9 rings (SSSR count). The molecule has 1 heterocycles. The lowest BCUT2D eigenvalue weighted by atomic mass is 9.19. The van der Waals surface area contributed by atoms with Gasteiger partial charge in [0.15, 0.2) is 5.79 Å². The summed E-state index contributed by atoms with van der Waals surface area (Å²) in [5.41, 5.74) is 3.20. The first-order valence-corrected chi connectivity index (χ1v) is 20.4. The van der Waals surface area contributed by atoms with Gasteiger partial charge in [0.05, 0.1) is 18.1 Å². The Hall–Kier alpha value is -1.43. The molecule has 7 aliphatic carbocycles. The molecule has 0 amide bonds. The largest absolute Gasteiger partial charge is 0.481 e. The van der Waals surface area contributed by atoms with E-state index >= 15 is 0 Å². The van der Waals surface area contributed by atoms with Gasteiger partial charge in [-0.2, -0.15) is 0 Å². The Morgan fingerprint density at radius 3 is 2.37 bits per heavy atom. The second-order valence-electron chi connectivity index (χ2n) is 20.5. The molecule has 4 bridgehead atoms. The van der Waals surface area contributed by atoms with Gasteiger partial charge in [0.1, 0.15) is 0 Å². The number of aliphatic carboxylic acids is 1. The zero-order chi connectivity index (χ0) is 34.5. The van der Waals surface area contributed by atoms with Gasteiger partial charge in [-0.25, -0.2) is 0 Å². The normalized spacial score (nSPS) is 55.2. The summed E-state index contributed by atoms with van der Waals surface area (Å²) in [5, 5.41) is 23.0. The Morgan fingerprint density at radius 1 is 0.898 bits per heavy atom. The molecule has 1 aromatic carbocycles. The number of hydrogen-bond donors (Lipinski definition) is 2. The van der Waals surface area contributed by atoms with Crippen LogP contribution in [0.25, 0.3) is 0 Å². The van der Waals surface area contributed by atoms with Crippen LogP contribution in [0.5, 0.6) is 0 Å². The van der Waals surface area contributed by atoms with Crippen LogP contribution in [-0.4, -0.2) is 41.8 Å². The van der Waals surface area contributed by atoms with E-state index in [-0.39, 0.29) is 44.5 Å². The van der Waals surface area contributed by atoms with Gasteiger partial charge in [-0.05, 0) is 159 Å². The highest BCUT2D eigenvalue weighted by atomic mass is 16.6. The van der Waals surface area contributed by atoms with E-state index in [0.29, 0.717) is 23.7 Å². The number of rotatable bonds is 6. The van der Waals surface area contributed by atoms with Gasteiger partial charge in [0.25, 0.3) is 0 Å². The number of aliphatic hydroxyl groups is 1. The van der Waals surface area contributed by atoms with Crippen molar-refractivity contribution in [2.75, 3.05) is 13.7 Å². The lowest BCUT2D eigenvalue weighted by molar-refractivity contribution is -0.368. The number of carbonyl (C=O) groups is 1. The molecule has 1 aromatic rings. The van der Waals surface area contributed by atoms with Gasteiger partial charge in [-0.15, -0.1) is 0 Å². The van der Waals surface area contributed by atoms with Crippen LogP contribution in [-0.2, 0) is 27.1 Å². The number of hydrogen-bond acceptors (Lipinski definition) is 4. The maximum absolute atomic E-state index is 12.8. The van der Waals surface area contributed by atoms with Crippen LogP contribution in [0.4, 0.5) is 0 Å². The van der Waals surface area contributed by atoms with E-state index in [4.69, 9.17) is 9.47 Å². The summed E-state index contributed by atoms with van der Waals surface area (Å²) in [6, 6.07) is 9.15. The Balaban J connectivity index is 1.14. The minimum atomic E-state index is -1.02. The van der Waals surface area contributed by atoms with Crippen molar-refractivity contribution in [3.05, 3.63) is 35.4 Å². The molecule has 8 fully saturated rings. The van der Waals surface area contributed by atoms with Crippen LogP contribution in [0.2, 0.25) is 0 Å². The number of ether oxygens (including phenoxy) is 2. The van der Waals surface area contributed by atoms with Crippen molar-refractivity contribution in [1.29, 1.82) is 0 Å². The third-order valence-corrected chi connectivity index (χ3v) is 19.6. The van der Waals surface area contributed by atoms with Crippen molar-refractivity contribution in [3.8, 4) is 0 Å². The summed E-state index contributed by atoms with van der Waals surface area (Å²) in [7, 11) is 1.77. The summed E-state index contributed by atoms with van der Waals surface area (Å²) in [5.74, 6) is 0.778. The van der Waals surface area contributed by atoms with E-state index in [1.165, 1.54) is 68.9 Å². The highest BCUT2D eigenvalue weighted by Gasteiger charge is 2.85. The summed E-state index contributed by atoms with van der Waals surface area (Å²) in [6.45, 7) is 13.3. The third-order valence-electron chi connectivity index (χ3n) is 19.6. The van der Waals surface area contributed by atoms with E-state index in [1.54, 1.807) is 7.11 Å². The Labute approximate surface area is 295 Å². The van der Waals surface area contributed by atoms with E-state index in [2.05, 4.69) is 58.9 Å². The number of fused-ring (bicyclic) bond motifs is 2. The molecule has 1 aliphatic heterocycles. The van der Waals surface area contributed by atoms with Crippen molar-refractivity contribution >= 4 is 5.97 Å². The van der Waals surface area contributed by atoms with Crippen molar-refractivity contribution < 1.29 is 24.5 Å². The molecule has 5 heteroatoms. The summed E-state index contributed by atoms with van der Waals surface area (Å²) < 4.78 is 12.4. The van der Waals surface area contributed by atoms with Crippen LogP contribution in [0.1, 0.15) is 136 Å². The van der Waals surface area contributed by atoms with Crippen LogP contribution < -0.4 is 0 Å². The maximum atomic E-state index is 12.8. The standard InChI is InChI=1S/C44H64O5/c1-28-43-22-21-42-16-7-15-41(33-27-38(3,36(45)46)18-17-37(33,2)19-20-39(41,42)4)26-32-13-12-31(35(43)40(32,42)5)25-44(28,47)49-34(43)24-30-10-8-29(9-11-30)14-23-48-6/h8-11,28,31-35,47H,7,12-27H2,1-6H3,(H,45,46)/t28-,31-,32+,33-,34+,35+,37-,38-,39+,40+,41+,42-,43-,44+/m1/s1. The summed E-state index contributed by atoms with van der Waals surface area (Å²) in [4.78, 5) is 12.8. The molecule has 14 atom stereocenters. The second kappa shape index (κ2) is 10.4. The van der Waals surface area contributed by atoms with Crippen molar-refractivity contribution in [2.45, 2.75) is 149 Å². The van der Waals surface area contributed by atoms with Gasteiger partial charge in [0, 0.05) is 24.9 Å². The summed E-state index contributed by atoms with van der Waals surface area (Å²) in [6.07, 6.45) is 18.1. The molecule has 2 spiro atoms. The SMILES string of the molecule is COCCc1ccc(C[C@@H]2O[C@@]3(O)C[C@H]4CC[C@H]5C[C@]67CCC[C@@]8(CC[C@@]2([C@@H]4[C@]58C)[C@H]3C)[C@@]6(C)CC[C@@]2(C)CC[C@@](C)(C(=O)O)C[C@H]27)cc1. The fourth-order valence-corrected chi connectivity index (χ4v) is 17.2. The fourth-order valence-electron chi connectivity index (χ4n) is 17.2. The zero-order valence-electron chi connectivity index (χ0n) is 31.4. The number of carboxylic acids is 1. The first kappa shape index (κ1) is 33.4. The molecule has 270 valence electrons. The van der Waals surface area contributed by atoms with Crippen LogP contribution in [0, 0.1) is 67.5 Å². The zero-order valence-corrected chi connectivity index (χ0v) is 31.4. The predicted molar refractivity (Wildman–Crippen MR) is 191 cm³/mol. The van der Waals surface area contributed by atoms with E-state index in [0.717, 1.165) is 51.6 Å². The number of benzene rings is 1. The molecule has 2 N–H and O–H groups in total. The van der Waals surface area contributed by atoms with Crippen LogP contribution in [0.15, 0.2) is 24.3 Å². The first-order chi connectivity index (χ1) is 23.2. The molecule has 8 aliphatic rings. The molecule has 0 radical (unpaired) electrons. The smallest absolute Gasteiger partial charge is 0.309 e. The van der Waals surface area contributed by atoms with Crippen molar-refractivity contribution in [2.24, 2.45) is 67.5 Å². The molecule has 0 aromatic heterocycles. The molecule has 7 saturated carbocycles. The average Bonchev–Trinajstić information content (AvgIpc) is 3.18. The minimum Gasteiger partial charge on any atom is -0.481 e. The quantitative estimate of drug-likeness (QED) is 0.315. The van der Waals surface area contributed by atoms with Crippen molar-refractivity contribution in [1.82, 2.24) is 0 Å². The van der Waals surface area contributed by atoms with E-state index in [1.807, 2.05) is 0 Å². The average molecular weight is 673 g/mol. The van der Waals surface area contributed by atoms with E-state index in [9.17, 15) is 15.0 Å². The monoisotopic (exact) mass is 672 g/mol. The highest BCUT2D eigenvalue weighted by molar-refractivity contribution is 5.74. The Bertz CT molecular complexity index is 1520. The van der Waals surface area contributed by atoms with Gasteiger partial charge < -0.3 is 19.7 Å². The van der Waals surface area contributed by atoms with Gasteiger partial charge in [0.2, 0.25) is 0 Å². The topological polar surface area (TPSA) is 76.0 Å². The molecule has 1 saturated heterocycles. The Kier molecular flexibility index (Phi) is 7.07. The second-order valence-corrected chi connectivity index (χ2v) is 20.5. The highest BCUT2D eigenvalue weighted by Crippen LogP contribution is 2.89. The molecule has 0 unspecified atom stereocenters. The van der Waals surface area contributed by atoms with E-state index < -0.39 is 17.2 Å². The molecule has 49 heavy (non-hydrogen) atoms. The summed E-state index contributed by atoms with van der Waals surface area (Å²) >= 11 is 0. The number of methoxy groups -OCH3 is 1. The van der Waals surface area contributed by atoms with Crippen LogP contribution in [0.3, 0.4) is 0 Å². The van der Waals surface area contributed by atoms with Gasteiger partial charge in [-0.3, -0.25) is 4.79 Å². The van der Waals surface area contributed by atoms with Crippen molar-refractivity contribution in [3.63, 3.8) is 0 Å². The van der Waals surface area contributed by atoms with Gasteiger partial charge >= 0.3 is 5.97 Å². The van der Waals surface area contributed by atoms with Crippen LogP contribution >= 0.6 is 0 Å². The van der Waals surface area contributed by atoms with Gasteiger partial charge in [-0.1, -0.05) is 58.4 Å². The third kappa shape index (κ3) is 3.82.